The molecule has 0 aromatic heterocycles. The molecule has 2 aliphatic rings. The Morgan fingerprint density at radius 1 is 1.11 bits per heavy atom. The molecule has 0 radical (unpaired) electrons. The second-order valence-corrected chi connectivity index (χ2v) is 6.83. The molecule has 2 heterocycles. The monoisotopic (exact) mass is 298 g/mol. The second-order valence-electron chi connectivity index (χ2n) is 5.96. The number of hydrogen-bond acceptors (Lipinski definition) is 2. The van der Waals surface area contributed by atoms with Crippen molar-refractivity contribution >= 4 is 23.2 Å². The van der Waals surface area contributed by atoms with E-state index in [1.165, 1.54) is 31.2 Å². The maximum absolute atomic E-state index is 6.06. The summed E-state index contributed by atoms with van der Waals surface area (Å²) in [6.45, 7) is 0.921. The number of nitrogens with zero attached hydrogens (tertiary/aromatic N) is 1. The average Bonchev–Trinajstić information content (AvgIpc) is 2.66. The van der Waals surface area contributed by atoms with Gasteiger partial charge in [-0.2, -0.15) is 0 Å². The van der Waals surface area contributed by atoms with Gasteiger partial charge in [0.25, 0.3) is 0 Å². The zero-order valence-corrected chi connectivity index (χ0v) is 12.7. The molecule has 4 heteroatoms. The van der Waals surface area contributed by atoms with E-state index in [-0.39, 0.29) is 0 Å². The highest BCUT2D eigenvalue weighted by molar-refractivity contribution is 6.34. The van der Waals surface area contributed by atoms with E-state index in [9.17, 15) is 0 Å². The van der Waals surface area contributed by atoms with E-state index in [1.54, 1.807) is 6.07 Å². The molecule has 2 nitrogen and oxygen atoms in total. The normalized spacial score (nSPS) is 30.0. The number of piperidine rings is 1. The lowest BCUT2D eigenvalue weighted by Gasteiger charge is -2.35. The summed E-state index contributed by atoms with van der Waals surface area (Å²) in [4.78, 5) is 2.45. The quantitative estimate of drug-likeness (QED) is 0.915. The van der Waals surface area contributed by atoms with Crippen molar-refractivity contribution in [3.63, 3.8) is 0 Å². The summed E-state index contributed by atoms with van der Waals surface area (Å²) in [5.41, 5.74) is 1.20. The first-order chi connectivity index (χ1) is 9.10. The minimum atomic E-state index is 0.677. The number of fused-ring (bicyclic) bond motifs is 2. The largest absolute Gasteiger partial charge is 0.311 e. The van der Waals surface area contributed by atoms with Crippen LogP contribution in [0.3, 0.4) is 0 Å². The van der Waals surface area contributed by atoms with Gasteiger partial charge < -0.3 is 5.32 Å². The Bertz CT molecular complexity index is 431. The van der Waals surface area contributed by atoms with Crippen molar-refractivity contribution in [1.29, 1.82) is 0 Å². The van der Waals surface area contributed by atoms with Crippen LogP contribution in [0.1, 0.15) is 31.2 Å². The molecule has 1 aromatic carbocycles. The Labute approximate surface area is 125 Å². The molecule has 2 fully saturated rings. The van der Waals surface area contributed by atoms with Gasteiger partial charge in [0, 0.05) is 34.7 Å². The molecule has 2 unspecified atom stereocenters. The minimum Gasteiger partial charge on any atom is -0.311 e. The Balaban J connectivity index is 1.65. The molecule has 0 amide bonds. The fourth-order valence-electron chi connectivity index (χ4n) is 3.51. The number of rotatable bonds is 3. The Hall–Kier alpha value is -0.280. The van der Waals surface area contributed by atoms with Crippen LogP contribution in [-0.2, 0) is 6.54 Å². The molecule has 19 heavy (non-hydrogen) atoms. The average molecular weight is 299 g/mol. The van der Waals surface area contributed by atoms with Crippen LogP contribution in [0.5, 0.6) is 0 Å². The summed E-state index contributed by atoms with van der Waals surface area (Å²) in [6.07, 6.45) is 5.22. The molecular formula is C15H20Cl2N2. The van der Waals surface area contributed by atoms with Crippen molar-refractivity contribution in [3.05, 3.63) is 33.8 Å². The number of nitrogens with one attached hydrogen (secondary N) is 1. The first kappa shape index (κ1) is 13.7. The summed E-state index contributed by atoms with van der Waals surface area (Å²) >= 11 is 12.1. The van der Waals surface area contributed by atoms with Crippen LogP contribution in [0, 0.1) is 0 Å². The first-order valence-corrected chi connectivity index (χ1v) is 7.77. The molecule has 2 aliphatic heterocycles. The van der Waals surface area contributed by atoms with E-state index >= 15 is 0 Å². The second kappa shape index (κ2) is 5.61. The smallest absolute Gasteiger partial charge is 0.0424 e. The van der Waals surface area contributed by atoms with Crippen LogP contribution in [-0.4, -0.2) is 30.1 Å². The van der Waals surface area contributed by atoms with Gasteiger partial charge in [-0.25, -0.2) is 0 Å². The summed E-state index contributed by atoms with van der Waals surface area (Å²) in [7, 11) is 2.21. The van der Waals surface area contributed by atoms with E-state index in [0.29, 0.717) is 6.04 Å². The highest BCUT2D eigenvalue weighted by Gasteiger charge is 2.34. The van der Waals surface area contributed by atoms with E-state index in [4.69, 9.17) is 23.2 Å². The maximum atomic E-state index is 6.06. The lowest BCUT2D eigenvalue weighted by Crippen LogP contribution is -2.46. The highest BCUT2D eigenvalue weighted by Crippen LogP contribution is 2.30. The van der Waals surface area contributed by atoms with E-state index in [2.05, 4.69) is 17.3 Å². The Morgan fingerprint density at radius 3 is 2.26 bits per heavy atom. The summed E-state index contributed by atoms with van der Waals surface area (Å²) in [6, 6.07) is 7.95. The van der Waals surface area contributed by atoms with Gasteiger partial charge in [-0.05, 0) is 56.5 Å². The standard InChI is InChI=1S/C15H20Cl2N2/c1-19(9-10-4-11(16)6-12(17)5-10)15-7-13-2-3-14(8-15)18-13/h4-6,13-15,18H,2-3,7-9H2,1H3. The number of hydrogen-bond donors (Lipinski definition) is 1. The van der Waals surface area contributed by atoms with E-state index < -0.39 is 0 Å². The van der Waals surface area contributed by atoms with Gasteiger partial charge in [0.15, 0.2) is 0 Å². The van der Waals surface area contributed by atoms with Crippen molar-refractivity contribution in [2.45, 2.75) is 50.4 Å². The first-order valence-electron chi connectivity index (χ1n) is 7.01. The molecule has 2 atom stereocenters. The molecule has 2 bridgehead atoms. The molecule has 0 spiro atoms. The summed E-state index contributed by atoms with van der Waals surface area (Å²) in [5, 5.41) is 5.14. The highest BCUT2D eigenvalue weighted by atomic mass is 35.5. The predicted octanol–water partition coefficient (Wildman–Crippen LogP) is 3.71. The van der Waals surface area contributed by atoms with Gasteiger partial charge in [0.1, 0.15) is 0 Å². The van der Waals surface area contributed by atoms with Crippen LogP contribution in [0.4, 0.5) is 0 Å². The van der Waals surface area contributed by atoms with Gasteiger partial charge >= 0.3 is 0 Å². The van der Waals surface area contributed by atoms with Gasteiger partial charge in [0.2, 0.25) is 0 Å². The molecule has 0 saturated carbocycles. The van der Waals surface area contributed by atoms with Crippen molar-refractivity contribution in [3.8, 4) is 0 Å². The summed E-state index contributed by atoms with van der Waals surface area (Å²) in [5.74, 6) is 0. The minimum absolute atomic E-state index is 0.677. The van der Waals surface area contributed by atoms with Crippen LogP contribution in [0.25, 0.3) is 0 Å². The molecule has 1 N–H and O–H groups in total. The SMILES string of the molecule is CN(Cc1cc(Cl)cc(Cl)c1)C1CC2CCC(C1)N2. The van der Waals surface area contributed by atoms with Crippen LogP contribution in [0.15, 0.2) is 18.2 Å². The third-order valence-electron chi connectivity index (χ3n) is 4.43. The molecule has 3 rings (SSSR count). The third-order valence-corrected chi connectivity index (χ3v) is 4.86. The zero-order chi connectivity index (χ0) is 13.4. The lowest BCUT2D eigenvalue weighted by atomic mass is 9.98. The number of benzene rings is 1. The van der Waals surface area contributed by atoms with E-state index in [1.807, 2.05) is 12.1 Å². The van der Waals surface area contributed by atoms with Crippen LogP contribution >= 0.6 is 23.2 Å². The molecule has 0 aliphatic carbocycles. The van der Waals surface area contributed by atoms with E-state index in [0.717, 1.165) is 28.7 Å². The Morgan fingerprint density at radius 2 is 1.68 bits per heavy atom. The number of halogens is 2. The van der Waals surface area contributed by atoms with Gasteiger partial charge in [-0.3, -0.25) is 4.90 Å². The van der Waals surface area contributed by atoms with Crippen molar-refractivity contribution in [1.82, 2.24) is 10.2 Å². The predicted molar refractivity (Wildman–Crippen MR) is 80.9 cm³/mol. The molecular weight excluding hydrogens is 279 g/mol. The van der Waals surface area contributed by atoms with Crippen molar-refractivity contribution < 1.29 is 0 Å². The van der Waals surface area contributed by atoms with Gasteiger partial charge in [-0.1, -0.05) is 23.2 Å². The van der Waals surface area contributed by atoms with Gasteiger partial charge in [-0.15, -0.1) is 0 Å². The summed E-state index contributed by atoms with van der Waals surface area (Å²) < 4.78 is 0. The van der Waals surface area contributed by atoms with Crippen molar-refractivity contribution in [2.75, 3.05) is 7.05 Å². The molecule has 1 aromatic rings. The van der Waals surface area contributed by atoms with Gasteiger partial charge in [0.05, 0.1) is 0 Å². The fourth-order valence-corrected chi connectivity index (χ4v) is 4.08. The fraction of sp³-hybridized carbons (Fsp3) is 0.600. The van der Waals surface area contributed by atoms with Crippen molar-refractivity contribution in [2.24, 2.45) is 0 Å². The molecule has 104 valence electrons. The maximum Gasteiger partial charge on any atom is 0.0424 e. The Kier molecular flexibility index (Phi) is 4.04. The zero-order valence-electron chi connectivity index (χ0n) is 11.2. The van der Waals surface area contributed by atoms with Crippen LogP contribution in [0.2, 0.25) is 10.0 Å². The third kappa shape index (κ3) is 3.25. The van der Waals surface area contributed by atoms with Crippen LogP contribution < -0.4 is 5.32 Å². The lowest BCUT2D eigenvalue weighted by molar-refractivity contribution is 0.166. The molecule has 2 saturated heterocycles. The topological polar surface area (TPSA) is 15.3 Å².